The molecule has 154 valence electrons. The molecule has 0 fully saturated rings. The van der Waals surface area contributed by atoms with Crippen molar-refractivity contribution in [3.8, 4) is 11.3 Å². The first-order valence-corrected chi connectivity index (χ1v) is 11.4. The molecular formula is C23H17BrN4O2S. The van der Waals surface area contributed by atoms with E-state index in [-0.39, 0.29) is 5.91 Å². The van der Waals surface area contributed by atoms with Crippen molar-refractivity contribution in [3.63, 3.8) is 0 Å². The summed E-state index contributed by atoms with van der Waals surface area (Å²) in [6.07, 6.45) is 1.18. The molecule has 3 heterocycles. The van der Waals surface area contributed by atoms with Crippen LogP contribution < -0.4 is 15.9 Å². The summed E-state index contributed by atoms with van der Waals surface area (Å²) in [6, 6.07) is 19.2. The van der Waals surface area contributed by atoms with Gasteiger partial charge in [0.2, 0.25) is 6.17 Å². The number of rotatable bonds is 4. The highest BCUT2D eigenvalue weighted by atomic mass is 79.9. The molecule has 6 nitrogen and oxygen atoms in total. The summed E-state index contributed by atoms with van der Waals surface area (Å²) in [5.41, 5.74) is 1.41. The van der Waals surface area contributed by atoms with Crippen molar-refractivity contribution >= 4 is 44.5 Å². The molecule has 1 unspecified atom stereocenters. The van der Waals surface area contributed by atoms with Crippen LogP contribution in [0.15, 0.2) is 92.3 Å². The topological polar surface area (TPSA) is 70.2 Å². The fraction of sp³-hybridized carbons (Fsp3) is 0.0870. The molecule has 0 aliphatic carbocycles. The number of hydrogen-bond acceptors (Lipinski definition) is 6. The van der Waals surface area contributed by atoms with Gasteiger partial charge in [0, 0.05) is 21.0 Å². The molecule has 1 aromatic heterocycles. The second-order valence-electron chi connectivity index (χ2n) is 6.88. The molecule has 1 N–H and O–H groups in total. The van der Waals surface area contributed by atoms with Crippen molar-refractivity contribution in [1.82, 2.24) is 10.3 Å². The Morgan fingerprint density at radius 3 is 2.77 bits per heavy atom. The monoisotopic (exact) mass is 492 g/mol. The predicted molar refractivity (Wildman–Crippen MR) is 125 cm³/mol. The first-order valence-electron chi connectivity index (χ1n) is 9.60. The highest BCUT2D eigenvalue weighted by molar-refractivity contribution is 9.10. The van der Waals surface area contributed by atoms with Crippen molar-refractivity contribution in [2.24, 2.45) is 10.1 Å². The van der Waals surface area contributed by atoms with Crippen LogP contribution in [0.1, 0.15) is 11.9 Å². The number of halogens is 1. The summed E-state index contributed by atoms with van der Waals surface area (Å²) in [4.78, 5) is 17.9. The molecule has 0 spiro atoms. The summed E-state index contributed by atoms with van der Waals surface area (Å²) in [5, 5.41) is 11.2. The van der Waals surface area contributed by atoms with Crippen LogP contribution in [0.2, 0.25) is 0 Å². The molecule has 0 bridgehead atoms. The van der Waals surface area contributed by atoms with E-state index >= 15 is 0 Å². The van der Waals surface area contributed by atoms with Gasteiger partial charge in [-0.15, -0.1) is 11.7 Å². The lowest BCUT2D eigenvalue weighted by Crippen LogP contribution is -2.50. The minimum atomic E-state index is -0.584. The smallest absolute Gasteiger partial charge is 0.276 e. The van der Waals surface area contributed by atoms with E-state index in [0.29, 0.717) is 22.4 Å². The van der Waals surface area contributed by atoms with Crippen molar-refractivity contribution in [2.75, 3.05) is 5.75 Å². The number of benzene rings is 2. The number of carbonyl (C=O) groups is 1. The normalized spacial score (nSPS) is 17.3. The Labute approximate surface area is 191 Å². The van der Waals surface area contributed by atoms with E-state index in [1.807, 2.05) is 60.7 Å². The van der Waals surface area contributed by atoms with E-state index in [2.05, 4.69) is 32.9 Å². The summed E-state index contributed by atoms with van der Waals surface area (Å²) in [6.45, 7) is 3.73. The van der Waals surface area contributed by atoms with Crippen LogP contribution in [0.5, 0.6) is 0 Å². The molecule has 2 aromatic carbocycles. The van der Waals surface area contributed by atoms with Gasteiger partial charge >= 0.3 is 0 Å². The number of hydrogen-bond donors (Lipinski definition) is 1. The quantitative estimate of drug-likeness (QED) is 0.562. The molecule has 0 radical (unpaired) electrons. The van der Waals surface area contributed by atoms with Gasteiger partial charge in [-0.2, -0.15) is 0 Å². The van der Waals surface area contributed by atoms with Crippen molar-refractivity contribution in [2.45, 2.75) is 6.17 Å². The number of furan rings is 1. The van der Waals surface area contributed by atoms with E-state index in [0.717, 1.165) is 26.4 Å². The standard InChI is InChI=1S/C23H17BrN4O2S/c1-2-13-31-23-26-22(29)20-16-5-3-4-6-17(16)25-21(28(20)27-23)19-12-11-18(30-19)14-7-9-15(24)10-8-14/h2-12,21H,1,13H2,(H,26,27,29). The van der Waals surface area contributed by atoms with Crippen molar-refractivity contribution in [1.29, 1.82) is 0 Å². The maximum Gasteiger partial charge on any atom is 0.276 e. The SMILES string of the molecule is C=CCSC1=NN2C(=c3ccccc3=NC2c2ccc(-c3ccc(Br)cc3)o2)C(=O)N1. The van der Waals surface area contributed by atoms with E-state index in [4.69, 9.17) is 9.41 Å². The van der Waals surface area contributed by atoms with Crippen LogP contribution in [-0.4, -0.2) is 21.8 Å². The summed E-state index contributed by atoms with van der Waals surface area (Å²) >= 11 is 4.86. The maximum absolute atomic E-state index is 13.0. The Morgan fingerprint density at radius 2 is 1.97 bits per heavy atom. The molecule has 2 aliphatic heterocycles. The van der Waals surface area contributed by atoms with Crippen LogP contribution in [0.3, 0.4) is 0 Å². The maximum atomic E-state index is 13.0. The van der Waals surface area contributed by atoms with Gasteiger partial charge in [-0.05, 0) is 30.3 Å². The fourth-order valence-electron chi connectivity index (χ4n) is 3.48. The van der Waals surface area contributed by atoms with Gasteiger partial charge in [0.1, 0.15) is 11.5 Å². The molecule has 31 heavy (non-hydrogen) atoms. The van der Waals surface area contributed by atoms with E-state index in [1.54, 1.807) is 11.1 Å². The molecule has 5 rings (SSSR count). The minimum absolute atomic E-state index is 0.214. The van der Waals surface area contributed by atoms with Gasteiger partial charge < -0.3 is 4.42 Å². The number of nitrogens with zero attached hydrogens (tertiary/aromatic N) is 3. The molecule has 1 atom stereocenters. The summed E-state index contributed by atoms with van der Waals surface area (Å²) in [5.74, 6) is 1.75. The number of fused-ring (bicyclic) bond motifs is 2. The number of nitrogens with one attached hydrogen (secondary N) is 1. The second-order valence-corrected chi connectivity index (χ2v) is 8.81. The zero-order valence-corrected chi connectivity index (χ0v) is 18.7. The predicted octanol–water partition coefficient (Wildman–Crippen LogP) is 3.77. The largest absolute Gasteiger partial charge is 0.457 e. The van der Waals surface area contributed by atoms with Gasteiger partial charge in [-0.1, -0.05) is 64.1 Å². The third-order valence-electron chi connectivity index (χ3n) is 4.86. The van der Waals surface area contributed by atoms with Gasteiger partial charge in [0.15, 0.2) is 10.9 Å². The van der Waals surface area contributed by atoms with E-state index < -0.39 is 6.17 Å². The van der Waals surface area contributed by atoms with E-state index in [9.17, 15) is 4.79 Å². The Hall–Kier alpha value is -3.10. The van der Waals surface area contributed by atoms with Crippen LogP contribution in [0.25, 0.3) is 17.0 Å². The van der Waals surface area contributed by atoms with Gasteiger partial charge in [-0.3, -0.25) is 10.1 Å². The van der Waals surface area contributed by atoms with Crippen LogP contribution in [0, 0.1) is 0 Å². The first-order chi connectivity index (χ1) is 15.1. The average molecular weight is 493 g/mol. The number of hydrazone groups is 1. The fourth-order valence-corrected chi connectivity index (χ4v) is 4.33. The Morgan fingerprint density at radius 1 is 1.16 bits per heavy atom. The lowest BCUT2D eigenvalue weighted by molar-refractivity contribution is -0.116. The van der Waals surface area contributed by atoms with Crippen molar-refractivity contribution < 1.29 is 9.21 Å². The number of amides is 1. The number of thioether (sulfide) groups is 1. The highest BCUT2D eigenvalue weighted by Gasteiger charge is 2.35. The molecule has 1 amide bonds. The van der Waals surface area contributed by atoms with Gasteiger partial charge in [0.25, 0.3) is 5.91 Å². The molecule has 0 saturated heterocycles. The average Bonchev–Trinajstić information content (AvgIpc) is 3.27. The van der Waals surface area contributed by atoms with Crippen LogP contribution in [0.4, 0.5) is 0 Å². The Kier molecular flexibility index (Phi) is 5.25. The lowest BCUT2D eigenvalue weighted by atomic mass is 10.1. The first kappa shape index (κ1) is 19.8. The lowest BCUT2D eigenvalue weighted by Gasteiger charge is -2.32. The highest BCUT2D eigenvalue weighted by Crippen LogP contribution is 2.34. The molecule has 0 saturated carbocycles. The van der Waals surface area contributed by atoms with Gasteiger partial charge in [0.05, 0.1) is 5.36 Å². The third-order valence-corrected chi connectivity index (χ3v) is 6.25. The summed E-state index contributed by atoms with van der Waals surface area (Å²) in [7, 11) is 0. The Balaban J connectivity index is 1.61. The minimum Gasteiger partial charge on any atom is -0.457 e. The zero-order chi connectivity index (χ0) is 21.4. The van der Waals surface area contributed by atoms with E-state index in [1.165, 1.54) is 11.8 Å². The summed E-state index contributed by atoms with van der Waals surface area (Å²) < 4.78 is 7.18. The zero-order valence-electron chi connectivity index (χ0n) is 16.3. The molecule has 2 aliphatic rings. The molecular weight excluding hydrogens is 476 g/mol. The molecule has 3 aromatic rings. The van der Waals surface area contributed by atoms with Crippen molar-refractivity contribution in [3.05, 3.63) is 94.1 Å². The molecule has 8 heteroatoms. The second kappa shape index (κ2) is 8.20. The van der Waals surface area contributed by atoms with Crippen LogP contribution in [-0.2, 0) is 4.79 Å². The third kappa shape index (κ3) is 3.73. The number of carbonyl (C=O) groups excluding carboxylic acids is 1. The van der Waals surface area contributed by atoms with Crippen LogP contribution >= 0.6 is 27.7 Å². The number of amidine groups is 1. The number of para-hydroxylation sites is 1. The van der Waals surface area contributed by atoms with Gasteiger partial charge in [-0.25, -0.2) is 10.0 Å². The Bertz CT molecular complexity index is 1330.